The van der Waals surface area contributed by atoms with Crippen molar-refractivity contribution in [3.05, 3.63) is 0 Å². The van der Waals surface area contributed by atoms with Gasteiger partial charge in [0, 0.05) is 6.61 Å². The SMILES string of the molecule is CCN(CC)CCCCCCOC1CCNCC1. The molecule has 108 valence electrons. The van der Waals surface area contributed by atoms with Crippen molar-refractivity contribution in [2.75, 3.05) is 39.3 Å². The number of piperidine rings is 1. The van der Waals surface area contributed by atoms with Gasteiger partial charge in [-0.15, -0.1) is 0 Å². The molecule has 0 bridgehead atoms. The van der Waals surface area contributed by atoms with Gasteiger partial charge in [0.15, 0.2) is 0 Å². The van der Waals surface area contributed by atoms with Crippen LogP contribution in [0.2, 0.25) is 0 Å². The van der Waals surface area contributed by atoms with E-state index in [2.05, 4.69) is 24.1 Å². The van der Waals surface area contributed by atoms with Crippen molar-refractivity contribution in [2.24, 2.45) is 0 Å². The summed E-state index contributed by atoms with van der Waals surface area (Å²) < 4.78 is 5.90. The molecule has 18 heavy (non-hydrogen) atoms. The zero-order chi connectivity index (χ0) is 13.1. The second-order valence-electron chi connectivity index (χ2n) is 5.26. The van der Waals surface area contributed by atoms with E-state index in [1.165, 1.54) is 58.2 Å². The summed E-state index contributed by atoms with van der Waals surface area (Å²) in [5.41, 5.74) is 0. The van der Waals surface area contributed by atoms with Crippen LogP contribution in [0.3, 0.4) is 0 Å². The molecule has 0 aromatic rings. The Bertz CT molecular complexity index is 177. The van der Waals surface area contributed by atoms with Crippen molar-refractivity contribution < 1.29 is 4.74 Å². The highest BCUT2D eigenvalue weighted by atomic mass is 16.5. The molecule has 1 heterocycles. The number of hydrogen-bond acceptors (Lipinski definition) is 3. The molecule has 1 N–H and O–H groups in total. The molecule has 0 aromatic heterocycles. The summed E-state index contributed by atoms with van der Waals surface area (Å²) in [5, 5.41) is 3.37. The third-order valence-corrected chi connectivity index (χ3v) is 3.90. The number of hydrogen-bond donors (Lipinski definition) is 1. The summed E-state index contributed by atoms with van der Waals surface area (Å²) in [6.45, 7) is 11.4. The second-order valence-corrected chi connectivity index (χ2v) is 5.26. The minimum Gasteiger partial charge on any atom is -0.378 e. The Morgan fingerprint density at radius 1 is 1.00 bits per heavy atom. The minimum atomic E-state index is 0.530. The highest BCUT2D eigenvalue weighted by Gasteiger charge is 2.12. The van der Waals surface area contributed by atoms with Gasteiger partial charge in [-0.3, -0.25) is 0 Å². The van der Waals surface area contributed by atoms with Crippen LogP contribution in [-0.2, 0) is 4.74 Å². The maximum Gasteiger partial charge on any atom is 0.0599 e. The zero-order valence-corrected chi connectivity index (χ0v) is 12.4. The quantitative estimate of drug-likeness (QED) is 0.608. The van der Waals surface area contributed by atoms with Gasteiger partial charge in [0.05, 0.1) is 6.10 Å². The van der Waals surface area contributed by atoms with Crippen molar-refractivity contribution in [1.29, 1.82) is 0 Å². The van der Waals surface area contributed by atoms with Crippen molar-refractivity contribution >= 4 is 0 Å². The zero-order valence-electron chi connectivity index (χ0n) is 12.4. The predicted molar refractivity (Wildman–Crippen MR) is 78.1 cm³/mol. The maximum atomic E-state index is 5.90. The average Bonchev–Trinajstić information content (AvgIpc) is 2.43. The Labute approximate surface area is 113 Å². The second kappa shape index (κ2) is 10.8. The van der Waals surface area contributed by atoms with Gasteiger partial charge in [-0.05, 0) is 58.4 Å². The van der Waals surface area contributed by atoms with E-state index in [1.807, 2.05) is 0 Å². The molecule has 1 fully saturated rings. The molecule has 1 saturated heterocycles. The molecule has 0 radical (unpaired) electrons. The summed E-state index contributed by atoms with van der Waals surface area (Å²) >= 11 is 0. The topological polar surface area (TPSA) is 24.5 Å². The van der Waals surface area contributed by atoms with Crippen LogP contribution in [-0.4, -0.2) is 50.3 Å². The molecular formula is C15H32N2O. The Balaban J connectivity index is 1.83. The van der Waals surface area contributed by atoms with Gasteiger partial charge in [0.1, 0.15) is 0 Å². The number of unbranched alkanes of at least 4 members (excludes halogenated alkanes) is 3. The smallest absolute Gasteiger partial charge is 0.0599 e. The number of rotatable bonds is 10. The average molecular weight is 256 g/mol. The molecule has 0 saturated carbocycles. The van der Waals surface area contributed by atoms with Crippen LogP contribution in [0.25, 0.3) is 0 Å². The van der Waals surface area contributed by atoms with Gasteiger partial charge in [-0.1, -0.05) is 26.7 Å². The number of nitrogens with one attached hydrogen (secondary N) is 1. The lowest BCUT2D eigenvalue weighted by atomic mass is 10.1. The predicted octanol–water partition coefficient (Wildman–Crippen LogP) is 2.66. The van der Waals surface area contributed by atoms with E-state index >= 15 is 0 Å². The molecule has 3 nitrogen and oxygen atoms in total. The molecule has 0 amide bonds. The van der Waals surface area contributed by atoms with Gasteiger partial charge in [0.2, 0.25) is 0 Å². The Morgan fingerprint density at radius 3 is 2.33 bits per heavy atom. The molecule has 0 unspecified atom stereocenters. The fourth-order valence-electron chi connectivity index (χ4n) is 2.54. The van der Waals surface area contributed by atoms with Crippen molar-refractivity contribution in [1.82, 2.24) is 10.2 Å². The van der Waals surface area contributed by atoms with E-state index in [0.29, 0.717) is 6.10 Å². The van der Waals surface area contributed by atoms with Crippen LogP contribution in [0.1, 0.15) is 52.4 Å². The largest absolute Gasteiger partial charge is 0.378 e. The standard InChI is InChI=1S/C15H32N2O/c1-3-17(4-2)13-7-5-6-8-14-18-15-9-11-16-12-10-15/h15-16H,3-14H2,1-2H3. The van der Waals surface area contributed by atoms with Crippen LogP contribution < -0.4 is 5.32 Å². The highest BCUT2D eigenvalue weighted by Crippen LogP contribution is 2.09. The first-order chi connectivity index (χ1) is 8.86. The first-order valence-corrected chi connectivity index (χ1v) is 7.91. The first-order valence-electron chi connectivity index (χ1n) is 7.91. The van der Waals surface area contributed by atoms with Crippen molar-refractivity contribution in [3.63, 3.8) is 0 Å². The minimum absolute atomic E-state index is 0.530. The van der Waals surface area contributed by atoms with E-state index in [-0.39, 0.29) is 0 Å². The molecule has 1 rings (SSSR count). The van der Waals surface area contributed by atoms with Crippen LogP contribution in [0.15, 0.2) is 0 Å². The molecule has 1 aliphatic heterocycles. The Kier molecular flexibility index (Phi) is 9.54. The third kappa shape index (κ3) is 7.34. The van der Waals surface area contributed by atoms with Crippen LogP contribution >= 0.6 is 0 Å². The van der Waals surface area contributed by atoms with Gasteiger partial charge >= 0.3 is 0 Å². The Hall–Kier alpha value is -0.120. The lowest BCUT2D eigenvalue weighted by Gasteiger charge is -2.23. The lowest BCUT2D eigenvalue weighted by Crippen LogP contribution is -2.32. The number of nitrogens with zero attached hydrogens (tertiary/aromatic N) is 1. The molecule has 0 aromatic carbocycles. The van der Waals surface area contributed by atoms with Crippen molar-refractivity contribution in [3.8, 4) is 0 Å². The first kappa shape index (κ1) is 15.9. The van der Waals surface area contributed by atoms with Crippen LogP contribution in [0, 0.1) is 0 Å². The summed E-state index contributed by atoms with van der Waals surface area (Å²) in [6.07, 6.45) is 8.18. The molecule has 0 atom stereocenters. The molecule has 0 spiro atoms. The highest BCUT2D eigenvalue weighted by molar-refractivity contribution is 4.67. The van der Waals surface area contributed by atoms with E-state index in [4.69, 9.17) is 4.74 Å². The van der Waals surface area contributed by atoms with E-state index in [9.17, 15) is 0 Å². The normalized spacial score (nSPS) is 17.5. The van der Waals surface area contributed by atoms with Gasteiger partial charge < -0.3 is 15.0 Å². The molecule has 0 aliphatic carbocycles. The van der Waals surface area contributed by atoms with E-state index in [0.717, 1.165) is 19.7 Å². The molecule has 3 heteroatoms. The van der Waals surface area contributed by atoms with E-state index in [1.54, 1.807) is 0 Å². The van der Waals surface area contributed by atoms with Crippen molar-refractivity contribution in [2.45, 2.75) is 58.5 Å². The van der Waals surface area contributed by atoms with Gasteiger partial charge in [0.25, 0.3) is 0 Å². The Morgan fingerprint density at radius 2 is 1.67 bits per heavy atom. The monoisotopic (exact) mass is 256 g/mol. The fourth-order valence-corrected chi connectivity index (χ4v) is 2.54. The molecule has 1 aliphatic rings. The summed E-state index contributed by atoms with van der Waals surface area (Å²) in [4.78, 5) is 2.51. The maximum absolute atomic E-state index is 5.90. The summed E-state index contributed by atoms with van der Waals surface area (Å²) in [5.74, 6) is 0. The fraction of sp³-hybridized carbons (Fsp3) is 1.00. The summed E-state index contributed by atoms with van der Waals surface area (Å²) in [7, 11) is 0. The van der Waals surface area contributed by atoms with Crippen LogP contribution in [0.4, 0.5) is 0 Å². The summed E-state index contributed by atoms with van der Waals surface area (Å²) in [6, 6.07) is 0. The number of ether oxygens (including phenoxy) is 1. The van der Waals surface area contributed by atoms with Gasteiger partial charge in [-0.2, -0.15) is 0 Å². The molecular weight excluding hydrogens is 224 g/mol. The van der Waals surface area contributed by atoms with Gasteiger partial charge in [-0.25, -0.2) is 0 Å². The third-order valence-electron chi connectivity index (χ3n) is 3.90. The lowest BCUT2D eigenvalue weighted by molar-refractivity contribution is 0.0307. The van der Waals surface area contributed by atoms with Crippen LogP contribution in [0.5, 0.6) is 0 Å². The van der Waals surface area contributed by atoms with E-state index < -0.39 is 0 Å².